The number of thiophene rings is 1. The van der Waals surface area contributed by atoms with Crippen LogP contribution in [-0.2, 0) is 18.6 Å². The summed E-state index contributed by atoms with van der Waals surface area (Å²) in [5.74, 6) is 0.459. The quantitative estimate of drug-likeness (QED) is 0.329. The van der Waals surface area contributed by atoms with Gasteiger partial charge in [0.1, 0.15) is 17.7 Å². The Hall–Kier alpha value is -4.16. The van der Waals surface area contributed by atoms with Crippen LogP contribution < -0.4 is 15.8 Å². The lowest BCUT2D eigenvalue weighted by molar-refractivity contribution is 0.102. The summed E-state index contributed by atoms with van der Waals surface area (Å²) < 4.78 is 9.03. The van der Waals surface area contributed by atoms with Gasteiger partial charge in [0, 0.05) is 24.2 Å². The molecule has 1 atom stereocenters. The Bertz CT molecular complexity index is 1510. The fraction of sp³-hybridized carbons (Fsp3) is 0.250. The molecule has 0 spiro atoms. The molecule has 12 heteroatoms. The monoisotopic (exact) mass is 503 g/mol. The zero-order valence-corrected chi connectivity index (χ0v) is 20.9. The van der Waals surface area contributed by atoms with E-state index in [2.05, 4.69) is 25.4 Å². The molecule has 0 aliphatic carbocycles. The van der Waals surface area contributed by atoms with Gasteiger partial charge in [-0.05, 0) is 43.5 Å². The van der Waals surface area contributed by atoms with Gasteiger partial charge in [0.25, 0.3) is 5.91 Å². The van der Waals surface area contributed by atoms with Crippen LogP contribution in [0.25, 0.3) is 11.2 Å². The average Bonchev–Trinajstić information content (AvgIpc) is 3.67. The van der Waals surface area contributed by atoms with Gasteiger partial charge in [-0.25, -0.2) is 9.97 Å². The van der Waals surface area contributed by atoms with Crippen LogP contribution in [0.15, 0.2) is 54.3 Å². The highest BCUT2D eigenvalue weighted by Crippen LogP contribution is 2.37. The maximum Gasteiger partial charge on any atom is 0.263 e. The first-order valence-electron chi connectivity index (χ1n) is 11.4. The molecule has 0 aromatic carbocycles. The second-order valence-corrected chi connectivity index (χ2v) is 8.89. The van der Waals surface area contributed by atoms with Gasteiger partial charge in [-0.15, -0.1) is 16.4 Å². The number of amides is 1. The standard InChI is InChI=1S/C24H25N9O2S/c1-4-32-14-27-23(31-32)30-20(34)15-13-16-19(28-21(15)35-3)29-22(33(16)5-2)24(25,18-10-8-12-36-18)17-9-6-7-11-26-17/h6-14H,4-5,25H2,1-3H3,(H,30,31,34). The molecule has 0 fully saturated rings. The number of fused-ring (bicyclic) bond motifs is 1. The number of aryl methyl sites for hydroxylation is 2. The largest absolute Gasteiger partial charge is 0.480 e. The van der Waals surface area contributed by atoms with Gasteiger partial charge in [-0.2, -0.15) is 4.98 Å². The van der Waals surface area contributed by atoms with E-state index in [4.69, 9.17) is 15.5 Å². The predicted octanol–water partition coefficient (Wildman–Crippen LogP) is 3.03. The highest BCUT2D eigenvalue weighted by molar-refractivity contribution is 7.10. The maximum atomic E-state index is 13.2. The van der Waals surface area contributed by atoms with E-state index >= 15 is 0 Å². The van der Waals surface area contributed by atoms with E-state index in [-0.39, 0.29) is 17.4 Å². The van der Waals surface area contributed by atoms with Gasteiger partial charge in [0.05, 0.1) is 18.3 Å². The number of anilines is 1. The molecule has 1 unspecified atom stereocenters. The number of hydrogen-bond acceptors (Lipinski definition) is 9. The van der Waals surface area contributed by atoms with Gasteiger partial charge >= 0.3 is 0 Å². The topological polar surface area (TPSA) is 139 Å². The van der Waals surface area contributed by atoms with E-state index in [0.29, 0.717) is 35.8 Å². The molecule has 3 N–H and O–H groups in total. The van der Waals surface area contributed by atoms with Crippen LogP contribution in [0.4, 0.5) is 5.95 Å². The number of pyridine rings is 2. The van der Waals surface area contributed by atoms with Crippen molar-refractivity contribution in [3.05, 3.63) is 76.3 Å². The fourth-order valence-electron chi connectivity index (χ4n) is 4.09. The number of methoxy groups -OCH3 is 1. The van der Waals surface area contributed by atoms with Crippen molar-refractivity contribution in [1.82, 2.24) is 34.3 Å². The summed E-state index contributed by atoms with van der Waals surface area (Å²) in [4.78, 5) is 32.1. The molecule has 0 radical (unpaired) electrons. The van der Waals surface area contributed by atoms with Gasteiger partial charge in [0.2, 0.25) is 11.8 Å². The molecule has 0 saturated carbocycles. The van der Waals surface area contributed by atoms with E-state index in [9.17, 15) is 4.79 Å². The molecule has 0 bridgehead atoms. The summed E-state index contributed by atoms with van der Waals surface area (Å²) in [5.41, 5.74) is 7.96. The Labute approximate surface area is 211 Å². The fourth-order valence-corrected chi connectivity index (χ4v) is 4.94. The van der Waals surface area contributed by atoms with Crippen molar-refractivity contribution in [2.24, 2.45) is 5.73 Å². The van der Waals surface area contributed by atoms with Crippen LogP contribution >= 0.6 is 11.3 Å². The van der Waals surface area contributed by atoms with E-state index in [1.54, 1.807) is 23.3 Å². The third-order valence-electron chi connectivity index (χ3n) is 5.88. The molecule has 184 valence electrons. The third-order valence-corrected chi connectivity index (χ3v) is 6.88. The highest BCUT2D eigenvalue weighted by Gasteiger charge is 2.40. The van der Waals surface area contributed by atoms with Crippen molar-refractivity contribution in [2.45, 2.75) is 32.5 Å². The average molecular weight is 504 g/mol. The molecular weight excluding hydrogens is 478 g/mol. The lowest BCUT2D eigenvalue weighted by Crippen LogP contribution is -2.42. The second kappa shape index (κ2) is 9.47. The number of nitrogens with two attached hydrogens (primary N) is 1. The molecule has 1 amide bonds. The lowest BCUT2D eigenvalue weighted by Gasteiger charge is -2.28. The number of nitrogens with zero attached hydrogens (tertiary/aromatic N) is 7. The van der Waals surface area contributed by atoms with Crippen molar-refractivity contribution >= 4 is 34.4 Å². The molecule has 0 aliphatic heterocycles. The smallest absolute Gasteiger partial charge is 0.263 e. The predicted molar refractivity (Wildman–Crippen MR) is 136 cm³/mol. The Morgan fingerprint density at radius 2 is 2.03 bits per heavy atom. The van der Waals surface area contributed by atoms with Gasteiger partial charge in [-0.3, -0.25) is 19.8 Å². The molecule has 0 aliphatic rings. The normalized spacial score (nSPS) is 13.0. The van der Waals surface area contributed by atoms with Crippen LogP contribution in [0.1, 0.15) is 40.6 Å². The SMILES string of the molecule is CCn1cnc(NC(=O)c2cc3c(nc2OC)nc(C(N)(c2ccccn2)c2cccs2)n3CC)n1. The zero-order valence-electron chi connectivity index (χ0n) is 20.0. The minimum absolute atomic E-state index is 0.138. The van der Waals surface area contributed by atoms with E-state index in [1.165, 1.54) is 18.4 Å². The van der Waals surface area contributed by atoms with Crippen LogP contribution in [0.5, 0.6) is 5.88 Å². The number of nitrogens with one attached hydrogen (secondary N) is 1. The minimum Gasteiger partial charge on any atom is -0.480 e. The zero-order chi connectivity index (χ0) is 25.3. The molecule has 11 nitrogen and oxygen atoms in total. The molecule has 5 heterocycles. The number of carbonyl (C=O) groups excluding carboxylic acids is 1. The first kappa shape index (κ1) is 23.6. The Balaban J connectivity index is 1.66. The van der Waals surface area contributed by atoms with Crippen molar-refractivity contribution in [1.29, 1.82) is 0 Å². The van der Waals surface area contributed by atoms with Crippen LogP contribution in [0.3, 0.4) is 0 Å². The summed E-state index contributed by atoms with van der Waals surface area (Å²) in [6.07, 6.45) is 3.26. The van der Waals surface area contributed by atoms with Crippen LogP contribution in [0, 0.1) is 0 Å². The number of imidazole rings is 1. The van der Waals surface area contributed by atoms with Crippen molar-refractivity contribution in [3.8, 4) is 5.88 Å². The van der Waals surface area contributed by atoms with Crippen molar-refractivity contribution in [2.75, 3.05) is 12.4 Å². The van der Waals surface area contributed by atoms with E-state index < -0.39 is 11.4 Å². The number of carbonyl (C=O) groups is 1. The molecule has 36 heavy (non-hydrogen) atoms. The Morgan fingerprint density at radius 3 is 2.67 bits per heavy atom. The summed E-state index contributed by atoms with van der Waals surface area (Å²) in [6, 6.07) is 11.2. The molecule has 5 rings (SSSR count). The van der Waals surface area contributed by atoms with Crippen LogP contribution in [0.2, 0.25) is 0 Å². The Kier molecular flexibility index (Phi) is 6.20. The molecule has 5 aromatic rings. The van der Waals surface area contributed by atoms with Crippen molar-refractivity contribution in [3.63, 3.8) is 0 Å². The summed E-state index contributed by atoms with van der Waals surface area (Å²) in [6.45, 7) is 5.10. The Morgan fingerprint density at radius 1 is 1.17 bits per heavy atom. The third kappa shape index (κ3) is 3.89. The maximum absolute atomic E-state index is 13.2. The molecular formula is C24H25N9O2S. The van der Waals surface area contributed by atoms with Gasteiger partial charge < -0.3 is 15.0 Å². The van der Waals surface area contributed by atoms with E-state index in [0.717, 1.165) is 4.88 Å². The summed E-state index contributed by atoms with van der Waals surface area (Å²) in [5, 5.41) is 8.90. The highest BCUT2D eigenvalue weighted by atomic mass is 32.1. The second-order valence-electron chi connectivity index (χ2n) is 7.95. The van der Waals surface area contributed by atoms with Crippen LogP contribution in [-0.4, -0.2) is 47.3 Å². The molecule has 0 saturated heterocycles. The minimum atomic E-state index is -1.13. The molecule has 5 aromatic heterocycles. The number of hydrogen-bond donors (Lipinski definition) is 2. The van der Waals surface area contributed by atoms with Gasteiger partial charge in [0.15, 0.2) is 11.2 Å². The van der Waals surface area contributed by atoms with Gasteiger partial charge in [-0.1, -0.05) is 12.1 Å². The summed E-state index contributed by atoms with van der Waals surface area (Å²) >= 11 is 1.53. The first-order valence-corrected chi connectivity index (χ1v) is 12.3. The summed E-state index contributed by atoms with van der Waals surface area (Å²) in [7, 11) is 1.46. The number of rotatable bonds is 8. The number of ether oxygens (including phenoxy) is 1. The van der Waals surface area contributed by atoms with E-state index in [1.807, 2.05) is 54.1 Å². The first-order chi connectivity index (χ1) is 17.5. The number of aromatic nitrogens is 7. The lowest BCUT2D eigenvalue weighted by atomic mass is 9.92. The van der Waals surface area contributed by atoms with Crippen molar-refractivity contribution < 1.29 is 9.53 Å².